The highest BCUT2D eigenvalue weighted by Crippen LogP contribution is 2.14. The van der Waals surface area contributed by atoms with Crippen LogP contribution in [0.4, 0.5) is 0 Å². The lowest BCUT2D eigenvalue weighted by molar-refractivity contribution is 0.0951. The number of hydrogen-bond acceptors (Lipinski definition) is 3. The molecule has 0 fully saturated rings. The molecule has 98 valence electrons. The molecule has 1 aromatic carbocycles. The van der Waals surface area contributed by atoms with Crippen LogP contribution in [0.1, 0.15) is 16.1 Å². The van der Waals surface area contributed by atoms with Crippen LogP contribution in [0.25, 0.3) is 10.9 Å². The number of hydrazone groups is 1. The van der Waals surface area contributed by atoms with E-state index in [0.29, 0.717) is 5.69 Å². The summed E-state index contributed by atoms with van der Waals surface area (Å²) in [4.78, 5) is 18.9. The molecule has 5 heteroatoms. The summed E-state index contributed by atoms with van der Waals surface area (Å²) in [5.74, 6) is -0.277. The first-order valence-corrected chi connectivity index (χ1v) is 6.14. The topological polar surface area (TPSA) is 70.1 Å². The molecule has 5 nitrogen and oxygen atoms in total. The zero-order valence-corrected chi connectivity index (χ0v) is 10.6. The van der Waals surface area contributed by atoms with E-state index in [1.807, 2.05) is 30.3 Å². The van der Waals surface area contributed by atoms with Gasteiger partial charge >= 0.3 is 0 Å². The van der Waals surface area contributed by atoms with Crippen LogP contribution in [0.5, 0.6) is 0 Å². The lowest BCUT2D eigenvalue weighted by Crippen LogP contribution is -2.17. The lowest BCUT2D eigenvalue weighted by atomic mass is 10.2. The molecule has 3 rings (SSSR count). The van der Waals surface area contributed by atoms with Gasteiger partial charge in [-0.25, -0.2) is 5.43 Å². The van der Waals surface area contributed by atoms with Crippen LogP contribution in [0, 0.1) is 0 Å². The summed E-state index contributed by atoms with van der Waals surface area (Å²) in [6.07, 6.45) is 4.90. The number of amides is 1. The standard InChI is InChI=1S/C15H12N4O/c20-15(19-17-10-11-4-3-7-16-9-11)14-8-12-5-1-2-6-13(12)18-14/h1-10,18H,(H,19,20)/b17-10+. The zero-order chi connectivity index (χ0) is 13.8. The highest BCUT2D eigenvalue weighted by atomic mass is 16.2. The van der Waals surface area contributed by atoms with Crippen LogP contribution in [0.3, 0.4) is 0 Å². The third-order valence-electron chi connectivity index (χ3n) is 2.84. The fourth-order valence-corrected chi connectivity index (χ4v) is 1.87. The van der Waals surface area contributed by atoms with Crippen molar-refractivity contribution in [1.82, 2.24) is 15.4 Å². The minimum Gasteiger partial charge on any atom is -0.350 e. The maximum atomic E-state index is 11.9. The van der Waals surface area contributed by atoms with Gasteiger partial charge in [-0.05, 0) is 18.2 Å². The molecule has 0 saturated carbocycles. The van der Waals surface area contributed by atoms with Gasteiger partial charge < -0.3 is 4.98 Å². The van der Waals surface area contributed by atoms with E-state index in [-0.39, 0.29) is 5.91 Å². The Bertz CT molecular complexity index is 729. The molecular weight excluding hydrogens is 252 g/mol. The highest BCUT2D eigenvalue weighted by molar-refractivity contribution is 5.98. The van der Waals surface area contributed by atoms with Gasteiger partial charge in [0.2, 0.25) is 0 Å². The van der Waals surface area contributed by atoms with E-state index in [9.17, 15) is 4.79 Å². The quantitative estimate of drug-likeness (QED) is 0.563. The number of aromatic amines is 1. The van der Waals surface area contributed by atoms with Crippen molar-refractivity contribution in [2.24, 2.45) is 5.10 Å². The summed E-state index contributed by atoms with van der Waals surface area (Å²) in [5, 5.41) is 4.90. The van der Waals surface area contributed by atoms with Gasteiger partial charge in [0.1, 0.15) is 5.69 Å². The molecule has 0 radical (unpaired) electrons. The molecule has 2 N–H and O–H groups in total. The van der Waals surface area contributed by atoms with Gasteiger partial charge in [0.15, 0.2) is 0 Å². The monoisotopic (exact) mass is 264 g/mol. The average molecular weight is 264 g/mol. The molecule has 2 heterocycles. The van der Waals surface area contributed by atoms with E-state index >= 15 is 0 Å². The number of rotatable bonds is 3. The van der Waals surface area contributed by atoms with Crippen molar-refractivity contribution in [1.29, 1.82) is 0 Å². The van der Waals surface area contributed by atoms with Gasteiger partial charge in [0, 0.05) is 28.9 Å². The Kier molecular flexibility index (Phi) is 3.24. The number of para-hydroxylation sites is 1. The van der Waals surface area contributed by atoms with Gasteiger partial charge in [-0.15, -0.1) is 0 Å². The predicted octanol–water partition coefficient (Wildman–Crippen LogP) is 2.33. The SMILES string of the molecule is O=C(N/N=C/c1cccnc1)c1cc2ccccc2[nH]1. The molecule has 0 saturated heterocycles. The van der Waals surface area contributed by atoms with Gasteiger partial charge in [-0.2, -0.15) is 5.10 Å². The second-order valence-corrected chi connectivity index (χ2v) is 4.26. The van der Waals surface area contributed by atoms with Crippen LogP contribution < -0.4 is 5.43 Å². The largest absolute Gasteiger partial charge is 0.350 e. The maximum absolute atomic E-state index is 11.9. The number of H-pyrrole nitrogens is 1. The Balaban J connectivity index is 1.71. The first kappa shape index (κ1) is 12.1. The van der Waals surface area contributed by atoms with E-state index < -0.39 is 0 Å². The van der Waals surface area contributed by atoms with Crippen LogP contribution in [0.15, 0.2) is 60.0 Å². The molecular formula is C15H12N4O. The number of nitrogens with zero attached hydrogens (tertiary/aromatic N) is 2. The normalized spacial score (nSPS) is 11.0. The van der Waals surface area contributed by atoms with E-state index in [0.717, 1.165) is 16.5 Å². The first-order chi connectivity index (χ1) is 9.83. The van der Waals surface area contributed by atoms with E-state index in [2.05, 4.69) is 20.5 Å². The van der Waals surface area contributed by atoms with E-state index in [1.165, 1.54) is 0 Å². The molecule has 0 aliphatic heterocycles. The summed E-state index contributed by atoms with van der Waals surface area (Å²) in [7, 11) is 0. The molecule has 0 spiro atoms. The van der Waals surface area contributed by atoms with Crippen LogP contribution in [0.2, 0.25) is 0 Å². The summed E-state index contributed by atoms with van der Waals surface area (Å²) in [6.45, 7) is 0. The number of hydrogen-bond donors (Lipinski definition) is 2. The number of nitrogens with one attached hydrogen (secondary N) is 2. The van der Waals surface area contributed by atoms with Gasteiger partial charge in [-0.1, -0.05) is 24.3 Å². The second-order valence-electron chi connectivity index (χ2n) is 4.26. The molecule has 0 atom stereocenters. The fourth-order valence-electron chi connectivity index (χ4n) is 1.87. The lowest BCUT2D eigenvalue weighted by Gasteiger charge is -1.95. The summed E-state index contributed by atoms with van der Waals surface area (Å²) >= 11 is 0. The van der Waals surface area contributed by atoms with Crippen molar-refractivity contribution < 1.29 is 4.79 Å². The molecule has 0 aliphatic carbocycles. The number of pyridine rings is 1. The maximum Gasteiger partial charge on any atom is 0.287 e. The molecule has 3 aromatic rings. The van der Waals surface area contributed by atoms with Crippen molar-refractivity contribution in [2.45, 2.75) is 0 Å². The molecule has 0 aliphatic rings. The minimum absolute atomic E-state index is 0.277. The number of benzene rings is 1. The van der Waals surface area contributed by atoms with Crippen LogP contribution in [-0.2, 0) is 0 Å². The van der Waals surface area contributed by atoms with E-state index in [4.69, 9.17) is 0 Å². The summed E-state index contributed by atoms with van der Waals surface area (Å²) in [6, 6.07) is 13.2. The number of fused-ring (bicyclic) bond motifs is 1. The van der Waals surface area contributed by atoms with Gasteiger partial charge in [-0.3, -0.25) is 9.78 Å². The fraction of sp³-hybridized carbons (Fsp3) is 0. The predicted molar refractivity (Wildman–Crippen MR) is 77.6 cm³/mol. The number of aromatic nitrogens is 2. The van der Waals surface area contributed by atoms with Crippen molar-refractivity contribution in [3.63, 3.8) is 0 Å². The number of carbonyl (C=O) groups excluding carboxylic acids is 1. The Morgan fingerprint density at radius 3 is 2.95 bits per heavy atom. The first-order valence-electron chi connectivity index (χ1n) is 6.14. The van der Waals surface area contributed by atoms with Gasteiger partial charge in [0.05, 0.1) is 6.21 Å². The Labute approximate surface area is 115 Å². The van der Waals surface area contributed by atoms with Crippen molar-refractivity contribution in [2.75, 3.05) is 0 Å². The molecule has 0 bridgehead atoms. The number of carbonyl (C=O) groups is 1. The summed E-state index contributed by atoms with van der Waals surface area (Å²) in [5.41, 5.74) is 4.71. The minimum atomic E-state index is -0.277. The van der Waals surface area contributed by atoms with Crippen molar-refractivity contribution in [3.05, 3.63) is 66.1 Å². The molecule has 20 heavy (non-hydrogen) atoms. The smallest absolute Gasteiger partial charge is 0.287 e. The van der Waals surface area contributed by atoms with Crippen LogP contribution >= 0.6 is 0 Å². The second kappa shape index (κ2) is 5.36. The Hall–Kier alpha value is -2.95. The zero-order valence-electron chi connectivity index (χ0n) is 10.6. The average Bonchev–Trinajstić information content (AvgIpc) is 2.92. The van der Waals surface area contributed by atoms with Crippen molar-refractivity contribution in [3.8, 4) is 0 Å². The molecule has 2 aromatic heterocycles. The van der Waals surface area contributed by atoms with Gasteiger partial charge in [0.25, 0.3) is 5.91 Å². The van der Waals surface area contributed by atoms with Crippen molar-refractivity contribution >= 4 is 23.0 Å². The summed E-state index contributed by atoms with van der Waals surface area (Å²) < 4.78 is 0. The molecule has 1 amide bonds. The third-order valence-corrected chi connectivity index (χ3v) is 2.84. The Morgan fingerprint density at radius 2 is 2.15 bits per heavy atom. The Morgan fingerprint density at radius 1 is 1.25 bits per heavy atom. The third kappa shape index (κ3) is 2.56. The highest BCUT2D eigenvalue weighted by Gasteiger charge is 2.07. The van der Waals surface area contributed by atoms with Crippen LogP contribution in [-0.4, -0.2) is 22.1 Å². The van der Waals surface area contributed by atoms with E-state index in [1.54, 1.807) is 30.7 Å². The molecule has 0 unspecified atom stereocenters.